The summed E-state index contributed by atoms with van der Waals surface area (Å²) in [7, 11) is 1.30. The van der Waals surface area contributed by atoms with Crippen molar-refractivity contribution < 1.29 is 19.1 Å². The summed E-state index contributed by atoms with van der Waals surface area (Å²) >= 11 is 0. The molecule has 4 rings (SSSR count). The Morgan fingerprint density at radius 3 is 2.32 bits per heavy atom. The van der Waals surface area contributed by atoms with Gasteiger partial charge in [-0.05, 0) is 46.7 Å². The molecular weight excluding hydrogens is 390 g/mol. The second-order valence-electron chi connectivity index (χ2n) is 6.99. The molecule has 1 amide bonds. The Kier molecular flexibility index (Phi) is 5.94. The molecule has 0 aliphatic heterocycles. The molecule has 0 bridgehead atoms. The molecule has 4 aromatic rings. The molecule has 5 nitrogen and oxygen atoms in total. The molecule has 0 radical (unpaired) electrons. The Bertz CT molecular complexity index is 1230. The van der Waals surface area contributed by atoms with Crippen LogP contribution in [-0.4, -0.2) is 19.0 Å². The van der Waals surface area contributed by atoms with Crippen LogP contribution in [-0.2, 0) is 11.3 Å². The maximum atomic E-state index is 12.8. The number of esters is 1. The molecule has 154 valence electrons. The van der Waals surface area contributed by atoms with Crippen molar-refractivity contribution >= 4 is 28.3 Å². The van der Waals surface area contributed by atoms with E-state index in [0.717, 1.165) is 16.3 Å². The van der Waals surface area contributed by atoms with Gasteiger partial charge in [-0.25, -0.2) is 4.79 Å². The lowest BCUT2D eigenvalue weighted by Crippen LogP contribution is -2.15. The van der Waals surface area contributed by atoms with Crippen molar-refractivity contribution in [3.05, 3.63) is 108 Å². The highest BCUT2D eigenvalue weighted by Gasteiger charge is 2.16. The van der Waals surface area contributed by atoms with Gasteiger partial charge >= 0.3 is 5.97 Å². The molecule has 0 spiro atoms. The monoisotopic (exact) mass is 411 g/mol. The lowest BCUT2D eigenvalue weighted by molar-refractivity contribution is 0.0601. The van der Waals surface area contributed by atoms with Crippen molar-refractivity contribution in [2.75, 3.05) is 12.4 Å². The van der Waals surface area contributed by atoms with E-state index in [2.05, 4.69) is 5.32 Å². The van der Waals surface area contributed by atoms with Crippen LogP contribution in [0.15, 0.2) is 91.0 Å². The average molecular weight is 411 g/mol. The van der Waals surface area contributed by atoms with Gasteiger partial charge in [-0.3, -0.25) is 4.79 Å². The minimum Gasteiger partial charge on any atom is -0.489 e. The molecule has 0 aliphatic rings. The molecule has 0 heterocycles. The van der Waals surface area contributed by atoms with Crippen molar-refractivity contribution in [3.8, 4) is 5.75 Å². The van der Waals surface area contributed by atoms with E-state index >= 15 is 0 Å². The topological polar surface area (TPSA) is 64.6 Å². The van der Waals surface area contributed by atoms with Gasteiger partial charge in [0.1, 0.15) is 12.4 Å². The van der Waals surface area contributed by atoms with Crippen molar-refractivity contribution in [3.63, 3.8) is 0 Å². The van der Waals surface area contributed by atoms with Crippen LogP contribution in [0.4, 0.5) is 5.69 Å². The Hall–Kier alpha value is -4.12. The summed E-state index contributed by atoms with van der Waals surface area (Å²) in [5, 5.41) is 4.83. The first-order valence-electron chi connectivity index (χ1n) is 9.83. The van der Waals surface area contributed by atoms with Gasteiger partial charge in [0, 0.05) is 5.56 Å². The number of amides is 1. The number of ether oxygens (including phenoxy) is 2. The van der Waals surface area contributed by atoms with E-state index in [1.54, 1.807) is 24.3 Å². The maximum Gasteiger partial charge on any atom is 0.340 e. The van der Waals surface area contributed by atoms with Crippen LogP contribution in [0.5, 0.6) is 5.75 Å². The Morgan fingerprint density at radius 2 is 1.55 bits per heavy atom. The molecular formula is C26H21NO4. The van der Waals surface area contributed by atoms with Crippen LogP contribution in [0.3, 0.4) is 0 Å². The number of carbonyl (C=O) groups is 2. The number of fused-ring (bicyclic) bond motifs is 1. The molecule has 0 unspecified atom stereocenters. The third kappa shape index (κ3) is 4.73. The molecule has 0 fully saturated rings. The quantitative estimate of drug-likeness (QED) is 0.428. The Morgan fingerprint density at radius 1 is 0.806 bits per heavy atom. The molecule has 0 atom stereocenters. The van der Waals surface area contributed by atoms with Gasteiger partial charge in [0.2, 0.25) is 0 Å². The number of hydrogen-bond acceptors (Lipinski definition) is 4. The van der Waals surface area contributed by atoms with Gasteiger partial charge in [-0.1, -0.05) is 60.7 Å². The SMILES string of the molecule is COC(=O)c1cc(OCc2ccccc2)ccc1NC(=O)c1ccc2ccccc2c1. The fourth-order valence-corrected chi connectivity index (χ4v) is 3.27. The fraction of sp³-hybridized carbons (Fsp3) is 0.0769. The highest BCUT2D eigenvalue weighted by molar-refractivity contribution is 6.09. The minimum atomic E-state index is -0.557. The van der Waals surface area contributed by atoms with E-state index in [0.29, 0.717) is 23.6 Å². The summed E-state index contributed by atoms with van der Waals surface area (Å²) in [5.41, 5.74) is 2.09. The largest absolute Gasteiger partial charge is 0.489 e. The van der Waals surface area contributed by atoms with E-state index in [4.69, 9.17) is 9.47 Å². The summed E-state index contributed by atoms with van der Waals surface area (Å²) in [5.74, 6) is -0.360. The molecule has 1 N–H and O–H groups in total. The highest BCUT2D eigenvalue weighted by atomic mass is 16.5. The zero-order chi connectivity index (χ0) is 21.6. The molecule has 5 heteroatoms. The molecule has 0 saturated carbocycles. The van der Waals surface area contributed by atoms with Crippen LogP contribution in [0.1, 0.15) is 26.3 Å². The third-order valence-corrected chi connectivity index (χ3v) is 4.90. The first-order valence-corrected chi connectivity index (χ1v) is 9.83. The van der Waals surface area contributed by atoms with E-state index in [1.807, 2.05) is 66.7 Å². The van der Waals surface area contributed by atoms with Gasteiger partial charge in [0.15, 0.2) is 0 Å². The zero-order valence-electron chi connectivity index (χ0n) is 17.0. The van der Waals surface area contributed by atoms with Gasteiger partial charge in [0.05, 0.1) is 18.4 Å². The Balaban J connectivity index is 1.56. The smallest absolute Gasteiger partial charge is 0.340 e. The second-order valence-corrected chi connectivity index (χ2v) is 6.99. The van der Waals surface area contributed by atoms with Crippen molar-refractivity contribution in [2.45, 2.75) is 6.61 Å². The van der Waals surface area contributed by atoms with Crippen molar-refractivity contribution in [2.24, 2.45) is 0 Å². The lowest BCUT2D eigenvalue weighted by Gasteiger charge is -2.13. The normalized spacial score (nSPS) is 10.5. The van der Waals surface area contributed by atoms with E-state index in [-0.39, 0.29) is 11.5 Å². The van der Waals surface area contributed by atoms with Crippen LogP contribution in [0.2, 0.25) is 0 Å². The molecule has 4 aromatic carbocycles. The van der Waals surface area contributed by atoms with Gasteiger partial charge in [0.25, 0.3) is 5.91 Å². The number of methoxy groups -OCH3 is 1. The van der Waals surface area contributed by atoms with Crippen LogP contribution < -0.4 is 10.1 Å². The fourth-order valence-electron chi connectivity index (χ4n) is 3.27. The summed E-state index contributed by atoms with van der Waals surface area (Å²) in [6.07, 6.45) is 0. The molecule has 0 aliphatic carbocycles. The summed E-state index contributed by atoms with van der Waals surface area (Å²) in [6.45, 7) is 0.365. The van der Waals surface area contributed by atoms with Gasteiger partial charge in [-0.2, -0.15) is 0 Å². The number of rotatable bonds is 6. The first kappa shape index (κ1) is 20.2. The van der Waals surface area contributed by atoms with E-state index < -0.39 is 5.97 Å². The van der Waals surface area contributed by atoms with E-state index in [9.17, 15) is 9.59 Å². The molecule has 0 saturated heterocycles. The van der Waals surface area contributed by atoms with Crippen molar-refractivity contribution in [1.82, 2.24) is 0 Å². The summed E-state index contributed by atoms with van der Waals surface area (Å²) < 4.78 is 10.7. The number of hydrogen-bond donors (Lipinski definition) is 1. The predicted molar refractivity (Wildman–Crippen MR) is 120 cm³/mol. The van der Waals surface area contributed by atoms with Crippen LogP contribution in [0.25, 0.3) is 10.8 Å². The number of carbonyl (C=O) groups excluding carboxylic acids is 2. The third-order valence-electron chi connectivity index (χ3n) is 4.90. The van der Waals surface area contributed by atoms with Gasteiger partial charge in [-0.15, -0.1) is 0 Å². The zero-order valence-corrected chi connectivity index (χ0v) is 17.0. The summed E-state index contributed by atoms with van der Waals surface area (Å²) in [6, 6.07) is 27.9. The summed E-state index contributed by atoms with van der Waals surface area (Å²) in [4.78, 5) is 25.1. The Labute approximate surface area is 180 Å². The molecule has 0 aromatic heterocycles. The standard InChI is InChI=1S/C26H21NO4/c1-30-26(29)23-16-22(31-17-18-7-3-2-4-8-18)13-14-24(23)27-25(28)21-12-11-19-9-5-6-10-20(19)15-21/h2-16H,17H2,1H3,(H,27,28). The predicted octanol–water partition coefficient (Wildman–Crippen LogP) is 5.46. The van der Waals surface area contributed by atoms with Crippen molar-refractivity contribution in [1.29, 1.82) is 0 Å². The number of benzene rings is 4. The number of nitrogens with one attached hydrogen (secondary N) is 1. The molecule has 31 heavy (non-hydrogen) atoms. The lowest BCUT2D eigenvalue weighted by atomic mass is 10.1. The van der Waals surface area contributed by atoms with Crippen LogP contribution in [0, 0.1) is 0 Å². The van der Waals surface area contributed by atoms with Gasteiger partial charge < -0.3 is 14.8 Å². The first-order chi connectivity index (χ1) is 15.1. The second kappa shape index (κ2) is 9.13. The highest BCUT2D eigenvalue weighted by Crippen LogP contribution is 2.25. The number of anilines is 1. The van der Waals surface area contributed by atoms with E-state index in [1.165, 1.54) is 7.11 Å². The average Bonchev–Trinajstić information content (AvgIpc) is 2.83. The maximum absolute atomic E-state index is 12.8. The van der Waals surface area contributed by atoms with Crippen LogP contribution >= 0.6 is 0 Å². The minimum absolute atomic E-state index is 0.224.